The minimum Gasteiger partial charge on any atom is -0.378 e. The molecule has 0 amide bonds. The van der Waals surface area contributed by atoms with Crippen molar-refractivity contribution in [3.8, 4) is 0 Å². The summed E-state index contributed by atoms with van der Waals surface area (Å²) in [6, 6.07) is 0. The van der Waals surface area contributed by atoms with E-state index >= 15 is 0 Å². The van der Waals surface area contributed by atoms with Gasteiger partial charge < -0.3 is 15.0 Å². The lowest BCUT2D eigenvalue weighted by Crippen LogP contribution is -2.37. The number of hydrogen-bond acceptors (Lipinski definition) is 5. The molecule has 0 radical (unpaired) electrons. The van der Waals surface area contributed by atoms with E-state index in [0.29, 0.717) is 0 Å². The summed E-state index contributed by atoms with van der Waals surface area (Å²) in [5.41, 5.74) is 1.24. The maximum atomic E-state index is 5.32. The van der Waals surface area contributed by atoms with E-state index in [2.05, 4.69) is 20.2 Å². The fraction of sp³-hybridized carbons (Fsp3) is 0.636. The highest BCUT2D eigenvalue weighted by atomic mass is 35.5. The van der Waals surface area contributed by atoms with Gasteiger partial charge in [0.2, 0.25) is 5.95 Å². The smallest absolute Gasteiger partial charge is 0.227 e. The number of aromatic nitrogens is 2. The van der Waals surface area contributed by atoms with E-state index in [-0.39, 0.29) is 24.8 Å². The zero-order valence-electron chi connectivity index (χ0n) is 10.1. The molecule has 2 aliphatic heterocycles. The Morgan fingerprint density at radius 3 is 2.78 bits per heavy atom. The zero-order valence-corrected chi connectivity index (χ0v) is 11.7. The molecule has 2 aliphatic rings. The average molecular weight is 293 g/mol. The Morgan fingerprint density at radius 2 is 2.00 bits per heavy atom. The number of morpholine rings is 1. The van der Waals surface area contributed by atoms with Gasteiger partial charge in [0.05, 0.1) is 13.2 Å². The molecule has 0 aliphatic carbocycles. The Hall–Kier alpha value is -0.780. The molecule has 1 N–H and O–H groups in total. The summed E-state index contributed by atoms with van der Waals surface area (Å²) in [6.07, 6.45) is 4.22. The molecule has 7 heteroatoms. The number of fused-ring (bicyclic) bond motifs is 1. The molecule has 0 saturated carbocycles. The van der Waals surface area contributed by atoms with Crippen LogP contribution in [0.3, 0.4) is 0 Å². The largest absolute Gasteiger partial charge is 0.378 e. The van der Waals surface area contributed by atoms with Gasteiger partial charge in [-0.15, -0.1) is 24.8 Å². The van der Waals surface area contributed by atoms with Gasteiger partial charge in [-0.1, -0.05) is 0 Å². The number of ether oxygens (including phenoxy) is 1. The van der Waals surface area contributed by atoms with Gasteiger partial charge in [-0.25, -0.2) is 4.98 Å². The fourth-order valence-electron chi connectivity index (χ4n) is 2.13. The van der Waals surface area contributed by atoms with Gasteiger partial charge in [0.25, 0.3) is 0 Å². The monoisotopic (exact) mass is 292 g/mol. The lowest BCUT2D eigenvalue weighted by atomic mass is 10.1. The number of nitrogens with zero attached hydrogens (tertiary/aromatic N) is 3. The van der Waals surface area contributed by atoms with E-state index in [1.54, 1.807) is 0 Å². The minimum atomic E-state index is 0. The first-order valence-electron chi connectivity index (χ1n) is 5.86. The number of anilines is 2. The molecule has 0 bridgehead atoms. The Bertz CT molecular complexity index is 385. The highest BCUT2D eigenvalue weighted by Crippen LogP contribution is 2.21. The van der Waals surface area contributed by atoms with Crippen molar-refractivity contribution in [2.24, 2.45) is 0 Å². The highest BCUT2D eigenvalue weighted by molar-refractivity contribution is 5.85. The van der Waals surface area contributed by atoms with Crippen LogP contribution in [0.5, 0.6) is 0 Å². The van der Waals surface area contributed by atoms with E-state index in [1.807, 2.05) is 6.20 Å². The van der Waals surface area contributed by atoms with E-state index < -0.39 is 0 Å². The van der Waals surface area contributed by atoms with Gasteiger partial charge in [-0.3, -0.25) is 0 Å². The molecule has 1 aromatic rings. The quantitative estimate of drug-likeness (QED) is 0.850. The summed E-state index contributed by atoms with van der Waals surface area (Å²) in [5, 5.41) is 3.33. The number of aryl methyl sites for hydroxylation is 1. The van der Waals surface area contributed by atoms with Gasteiger partial charge in [-0.2, -0.15) is 4.98 Å². The maximum Gasteiger partial charge on any atom is 0.227 e. The number of halogens is 2. The molecule has 0 spiro atoms. The molecule has 3 rings (SSSR count). The van der Waals surface area contributed by atoms with Crippen LogP contribution >= 0.6 is 24.8 Å². The van der Waals surface area contributed by atoms with Crippen LogP contribution in [0.15, 0.2) is 6.20 Å². The lowest BCUT2D eigenvalue weighted by molar-refractivity contribution is 0.122. The van der Waals surface area contributed by atoms with Gasteiger partial charge in [0, 0.05) is 31.4 Å². The molecule has 0 unspecified atom stereocenters. The van der Waals surface area contributed by atoms with Crippen LogP contribution in [-0.4, -0.2) is 42.8 Å². The Morgan fingerprint density at radius 1 is 1.22 bits per heavy atom. The summed E-state index contributed by atoms with van der Waals surface area (Å²) >= 11 is 0. The van der Waals surface area contributed by atoms with E-state index in [0.717, 1.165) is 51.0 Å². The van der Waals surface area contributed by atoms with Gasteiger partial charge >= 0.3 is 0 Å². The van der Waals surface area contributed by atoms with Crippen LogP contribution < -0.4 is 10.2 Å². The molecule has 0 atom stereocenters. The first-order chi connectivity index (χ1) is 7.93. The number of hydrogen-bond donors (Lipinski definition) is 1. The topological polar surface area (TPSA) is 50.3 Å². The summed E-state index contributed by atoms with van der Waals surface area (Å²) in [4.78, 5) is 11.2. The third-order valence-corrected chi connectivity index (χ3v) is 3.06. The molecule has 0 aromatic carbocycles. The Kier molecular flexibility index (Phi) is 5.91. The summed E-state index contributed by atoms with van der Waals surface area (Å²) in [5.74, 6) is 1.85. The summed E-state index contributed by atoms with van der Waals surface area (Å²) < 4.78 is 5.32. The van der Waals surface area contributed by atoms with Crippen molar-refractivity contribution >= 4 is 36.6 Å². The molecule has 5 nitrogen and oxygen atoms in total. The molecular weight excluding hydrogens is 275 g/mol. The first-order valence-corrected chi connectivity index (χ1v) is 5.86. The summed E-state index contributed by atoms with van der Waals surface area (Å²) in [6.45, 7) is 4.34. The average Bonchev–Trinajstić information content (AvgIpc) is 2.39. The van der Waals surface area contributed by atoms with Crippen LogP contribution in [0.4, 0.5) is 11.8 Å². The summed E-state index contributed by atoms with van der Waals surface area (Å²) in [7, 11) is 0. The van der Waals surface area contributed by atoms with Gasteiger partial charge in [-0.05, 0) is 12.8 Å². The number of rotatable bonds is 1. The normalized spacial score (nSPS) is 17.9. The Balaban J connectivity index is 0.000000810. The predicted octanol–water partition coefficient (Wildman–Crippen LogP) is 1.51. The molecule has 1 saturated heterocycles. The van der Waals surface area contributed by atoms with E-state index in [1.165, 1.54) is 12.0 Å². The first kappa shape index (κ1) is 15.3. The molecule has 1 aromatic heterocycles. The van der Waals surface area contributed by atoms with Crippen LogP contribution in [0.1, 0.15) is 12.0 Å². The highest BCUT2D eigenvalue weighted by Gasteiger charge is 2.17. The standard InChI is InChI=1S/C11H16N4O.2ClH/c1-2-9-8-13-11(14-10(9)12-3-1)15-4-6-16-7-5-15;;/h8H,1-7H2,(H,12,13,14);2*1H. The SMILES string of the molecule is Cl.Cl.c1nc(N2CCOCC2)nc2c1CCCN2. The number of nitrogens with one attached hydrogen (secondary N) is 1. The third-order valence-electron chi connectivity index (χ3n) is 3.06. The van der Waals surface area contributed by atoms with Crippen LogP contribution in [0.25, 0.3) is 0 Å². The molecule has 18 heavy (non-hydrogen) atoms. The van der Waals surface area contributed by atoms with Crippen molar-refractivity contribution in [1.82, 2.24) is 9.97 Å². The molecule has 102 valence electrons. The van der Waals surface area contributed by atoms with E-state index in [4.69, 9.17) is 4.74 Å². The van der Waals surface area contributed by atoms with Crippen LogP contribution in [0, 0.1) is 0 Å². The fourth-order valence-corrected chi connectivity index (χ4v) is 2.13. The van der Waals surface area contributed by atoms with Crippen molar-refractivity contribution < 1.29 is 4.74 Å². The van der Waals surface area contributed by atoms with Crippen LogP contribution in [0.2, 0.25) is 0 Å². The Labute approximate surface area is 119 Å². The maximum absolute atomic E-state index is 5.32. The van der Waals surface area contributed by atoms with Crippen molar-refractivity contribution in [1.29, 1.82) is 0 Å². The second-order valence-corrected chi connectivity index (χ2v) is 4.17. The van der Waals surface area contributed by atoms with Crippen LogP contribution in [-0.2, 0) is 11.2 Å². The third kappa shape index (κ3) is 3.16. The second kappa shape index (κ2) is 6.97. The molecule has 3 heterocycles. The minimum absolute atomic E-state index is 0. The predicted molar refractivity (Wildman–Crippen MR) is 76.4 cm³/mol. The molecular formula is C11H18Cl2N4O. The van der Waals surface area contributed by atoms with E-state index in [9.17, 15) is 0 Å². The van der Waals surface area contributed by atoms with Gasteiger partial charge in [0.1, 0.15) is 5.82 Å². The molecule has 1 fully saturated rings. The van der Waals surface area contributed by atoms with Crippen molar-refractivity contribution in [2.75, 3.05) is 43.1 Å². The van der Waals surface area contributed by atoms with Crippen molar-refractivity contribution in [2.45, 2.75) is 12.8 Å². The van der Waals surface area contributed by atoms with Gasteiger partial charge in [0.15, 0.2) is 0 Å². The van der Waals surface area contributed by atoms with Crippen molar-refractivity contribution in [3.05, 3.63) is 11.8 Å². The van der Waals surface area contributed by atoms with Crippen molar-refractivity contribution in [3.63, 3.8) is 0 Å². The second-order valence-electron chi connectivity index (χ2n) is 4.17. The zero-order chi connectivity index (χ0) is 10.8. The lowest BCUT2D eigenvalue weighted by Gasteiger charge is -2.27.